The Morgan fingerprint density at radius 1 is 0.606 bits per heavy atom. The van der Waals surface area contributed by atoms with Crippen molar-refractivity contribution in [2.24, 2.45) is 5.41 Å². The maximum absolute atomic E-state index is 9.30. The lowest BCUT2D eigenvalue weighted by Crippen LogP contribution is -2.37. The smallest absolute Gasteiger partial charge is 0.334 e. The van der Waals surface area contributed by atoms with Crippen LogP contribution < -0.4 is 0 Å². The van der Waals surface area contributed by atoms with Crippen LogP contribution in [0.1, 0.15) is 25.0 Å². The molecule has 0 heterocycles. The standard InChI is InChI=1S/C15H16O2.C5H12O4.H4O5P2/c1-15(2,11-3-7-13(16)8-4-11)12-5-9-14(17)10-6-12;6-1-5(2-7,3-8)4-9;1-6(2)5-7(3)4/h3-10,16-17H,1-2H3;6-9H,1-4H2;1-4H. The first-order valence-corrected chi connectivity index (χ1v) is 11.8. The quantitative estimate of drug-likeness (QED) is 0.224. The molecule has 10 N–H and O–H groups in total. The molecule has 13 heteroatoms. The largest absolute Gasteiger partial charge is 0.508 e. The number of rotatable bonds is 8. The summed E-state index contributed by atoms with van der Waals surface area (Å²) in [5.41, 5.74) is 0.989. The van der Waals surface area contributed by atoms with E-state index in [9.17, 15) is 10.2 Å². The summed E-state index contributed by atoms with van der Waals surface area (Å²) in [7, 11) is -5.22. The first-order valence-electron chi connectivity index (χ1n) is 9.43. The van der Waals surface area contributed by atoms with Crippen LogP contribution in [0.4, 0.5) is 0 Å². The molecule has 2 aromatic carbocycles. The van der Waals surface area contributed by atoms with Crippen LogP contribution in [0.5, 0.6) is 11.5 Å². The minimum atomic E-state index is -2.61. The van der Waals surface area contributed by atoms with Crippen molar-refractivity contribution in [2.75, 3.05) is 26.4 Å². The van der Waals surface area contributed by atoms with Crippen LogP contribution in [0.25, 0.3) is 0 Å². The maximum Gasteiger partial charge on any atom is 0.334 e. The van der Waals surface area contributed by atoms with E-state index in [1.165, 1.54) is 0 Å². The van der Waals surface area contributed by atoms with Gasteiger partial charge in [0, 0.05) is 5.41 Å². The van der Waals surface area contributed by atoms with E-state index in [0.29, 0.717) is 0 Å². The number of hydrogen-bond acceptors (Lipinski definition) is 11. The van der Waals surface area contributed by atoms with Crippen LogP contribution in [-0.4, -0.2) is 76.6 Å². The number of benzene rings is 2. The molecule has 0 bridgehead atoms. The fourth-order valence-corrected chi connectivity index (χ4v) is 2.81. The predicted octanol–water partition coefficient (Wildman–Crippen LogP) is 0.792. The molecule has 0 unspecified atom stereocenters. The van der Waals surface area contributed by atoms with E-state index in [1.807, 2.05) is 24.3 Å². The summed E-state index contributed by atoms with van der Waals surface area (Å²) in [5, 5.41) is 52.6. The summed E-state index contributed by atoms with van der Waals surface area (Å²) < 4.78 is 3.60. The zero-order valence-electron chi connectivity index (χ0n) is 18.2. The Balaban J connectivity index is 0.000000541. The number of aliphatic hydroxyl groups is 4. The first kappa shape index (κ1) is 31.5. The minimum absolute atomic E-state index is 0.151. The molecule has 0 fully saturated rings. The average Bonchev–Trinajstić information content (AvgIpc) is 2.76. The van der Waals surface area contributed by atoms with Gasteiger partial charge in [-0.05, 0) is 35.4 Å². The van der Waals surface area contributed by atoms with Crippen molar-refractivity contribution in [1.82, 2.24) is 0 Å². The summed E-state index contributed by atoms with van der Waals surface area (Å²) in [6, 6.07) is 14.4. The van der Waals surface area contributed by atoms with Crippen LogP contribution in [0.15, 0.2) is 48.5 Å². The summed E-state index contributed by atoms with van der Waals surface area (Å²) >= 11 is 0. The molecular formula is C20H32O11P2. The molecule has 0 aliphatic rings. The number of phenolic OH excluding ortho intramolecular Hbond substituents is 2. The molecule has 188 valence electrons. The number of phenols is 2. The second-order valence-corrected chi connectivity index (χ2v) is 9.10. The lowest BCUT2D eigenvalue weighted by Gasteiger charge is -2.26. The van der Waals surface area contributed by atoms with Crippen molar-refractivity contribution in [1.29, 1.82) is 0 Å². The van der Waals surface area contributed by atoms with Gasteiger partial charge in [-0.2, -0.15) is 0 Å². The molecule has 0 spiro atoms. The fraction of sp³-hybridized carbons (Fsp3) is 0.400. The second-order valence-electron chi connectivity index (χ2n) is 7.44. The monoisotopic (exact) mass is 510 g/mol. The van der Waals surface area contributed by atoms with Gasteiger partial charge in [-0.25, -0.2) is 4.31 Å². The number of aliphatic hydroxyl groups excluding tert-OH is 4. The van der Waals surface area contributed by atoms with E-state index < -0.39 is 49.0 Å². The second kappa shape index (κ2) is 15.4. The zero-order chi connectivity index (χ0) is 25.7. The predicted molar refractivity (Wildman–Crippen MR) is 123 cm³/mol. The highest BCUT2D eigenvalue weighted by Gasteiger charge is 2.26. The van der Waals surface area contributed by atoms with Gasteiger partial charge in [0.05, 0.1) is 31.8 Å². The Labute approximate surface area is 194 Å². The highest BCUT2D eigenvalue weighted by atomic mass is 31.2. The molecule has 0 atom stereocenters. The van der Waals surface area contributed by atoms with E-state index in [-0.39, 0.29) is 16.9 Å². The van der Waals surface area contributed by atoms with Gasteiger partial charge in [-0.15, -0.1) is 0 Å². The molecule has 2 rings (SSSR count). The first-order chi connectivity index (χ1) is 15.4. The van der Waals surface area contributed by atoms with E-state index >= 15 is 0 Å². The van der Waals surface area contributed by atoms with Crippen LogP contribution >= 0.6 is 17.2 Å². The van der Waals surface area contributed by atoms with Gasteiger partial charge >= 0.3 is 17.2 Å². The molecule has 0 saturated carbocycles. The fourth-order valence-electron chi connectivity index (χ4n) is 2.29. The molecule has 0 saturated heterocycles. The third-order valence-corrected chi connectivity index (χ3v) is 5.83. The van der Waals surface area contributed by atoms with E-state index in [0.717, 1.165) is 11.1 Å². The van der Waals surface area contributed by atoms with Gasteiger partial charge in [0.15, 0.2) is 0 Å². The Hall–Kier alpha value is -1.46. The Bertz CT molecular complexity index is 694. The third kappa shape index (κ3) is 11.5. The van der Waals surface area contributed by atoms with Crippen molar-refractivity contribution >= 4 is 17.2 Å². The molecule has 0 radical (unpaired) electrons. The van der Waals surface area contributed by atoms with Gasteiger partial charge in [0.25, 0.3) is 0 Å². The summed E-state index contributed by atoms with van der Waals surface area (Å²) in [4.78, 5) is 31.3. The number of aromatic hydroxyl groups is 2. The zero-order valence-corrected chi connectivity index (χ0v) is 20.0. The lowest BCUT2D eigenvalue weighted by molar-refractivity contribution is -0.0328. The van der Waals surface area contributed by atoms with E-state index in [1.54, 1.807) is 24.3 Å². The van der Waals surface area contributed by atoms with E-state index in [2.05, 4.69) is 18.2 Å². The van der Waals surface area contributed by atoms with Crippen molar-refractivity contribution in [2.45, 2.75) is 19.3 Å². The highest BCUT2D eigenvalue weighted by Crippen LogP contribution is 2.41. The summed E-state index contributed by atoms with van der Waals surface area (Å²) in [6.45, 7) is 2.61. The molecular weight excluding hydrogens is 478 g/mol. The van der Waals surface area contributed by atoms with Gasteiger partial charge in [-0.3, -0.25) is 0 Å². The molecule has 0 aliphatic heterocycles. The molecule has 2 aromatic rings. The van der Waals surface area contributed by atoms with Crippen molar-refractivity contribution in [3.63, 3.8) is 0 Å². The molecule has 11 nitrogen and oxygen atoms in total. The van der Waals surface area contributed by atoms with Crippen molar-refractivity contribution in [3.05, 3.63) is 59.7 Å². The molecule has 0 amide bonds. The van der Waals surface area contributed by atoms with Crippen molar-refractivity contribution in [3.8, 4) is 11.5 Å². The molecule has 0 aromatic heterocycles. The third-order valence-electron chi connectivity index (χ3n) is 4.67. The highest BCUT2D eigenvalue weighted by molar-refractivity contribution is 7.53. The van der Waals surface area contributed by atoms with Crippen LogP contribution in [-0.2, 0) is 9.73 Å². The normalized spacial score (nSPS) is 11.5. The van der Waals surface area contributed by atoms with Crippen LogP contribution in [0.2, 0.25) is 0 Å². The molecule has 33 heavy (non-hydrogen) atoms. The lowest BCUT2D eigenvalue weighted by atomic mass is 9.78. The van der Waals surface area contributed by atoms with E-state index in [4.69, 9.17) is 40.0 Å². The Kier molecular flexibility index (Phi) is 14.8. The van der Waals surface area contributed by atoms with Crippen LogP contribution in [0, 0.1) is 5.41 Å². The van der Waals surface area contributed by atoms with Gasteiger partial charge < -0.3 is 50.2 Å². The maximum atomic E-state index is 9.30. The topological polar surface area (TPSA) is 212 Å². The summed E-state index contributed by atoms with van der Waals surface area (Å²) in [6.07, 6.45) is 0. The summed E-state index contributed by atoms with van der Waals surface area (Å²) in [5.74, 6) is 0.547. The van der Waals surface area contributed by atoms with Crippen LogP contribution in [0.3, 0.4) is 0 Å². The Morgan fingerprint density at radius 3 is 1.03 bits per heavy atom. The molecule has 0 aliphatic carbocycles. The Morgan fingerprint density at radius 2 is 0.879 bits per heavy atom. The van der Waals surface area contributed by atoms with Gasteiger partial charge in [0.1, 0.15) is 11.5 Å². The van der Waals surface area contributed by atoms with Gasteiger partial charge in [0.2, 0.25) is 0 Å². The minimum Gasteiger partial charge on any atom is -0.508 e. The average molecular weight is 510 g/mol. The van der Waals surface area contributed by atoms with Gasteiger partial charge in [-0.1, -0.05) is 38.1 Å². The van der Waals surface area contributed by atoms with Crippen molar-refractivity contribution < 1.29 is 54.5 Å². The SMILES string of the molecule is CC(C)(c1ccc(O)cc1)c1ccc(O)cc1.OCC(CO)(CO)CO.OP(O)OP(O)O. The number of hydrogen-bond donors (Lipinski definition) is 10.